The summed E-state index contributed by atoms with van der Waals surface area (Å²) in [5.74, 6) is 1.81. The Bertz CT molecular complexity index is 576. The zero-order valence-corrected chi connectivity index (χ0v) is 14.3. The Morgan fingerprint density at radius 3 is 2.23 bits per heavy atom. The van der Waals surface area contributed by atoms with E-state index in [-0.39, 0.29) is 11.5 Å². The molecule has 4 bridgehead atoms. The first-order valence-corrected chi connectivity index (χ1v) is 9.02. The number of aliphatic hydroxyl groups is 1. The topological polar surface area (TPSA) is 23.5 Å². The molecule has 4 saturated carbocycles. The maximum atomic E-state index is 10.8. The molecule has 1 aromatic carbocycles. The monoisotopic (exact) mass is 299 g/mol. The number of aliphatic hydroxyl groups excluding tert-OH is 1. The van der Waals surface area contributed by atoms with E-state index in [2.05, 4.69) is 56.9 Å². The van der Waals surface area contributed by atoms with Crippen LogP contribution in [0.5, 0.6) is 0 Å². The molecule has 0 saturated heterocycles. The van der Waals surface area contributed by atoms with Gasteiger partial charge in [-0.2, -0.15) is 0 Å². The highest BCUT2D eigenvalue weighted by molar-refractivity contribution is 5.50. The molecule has 1 aromatic rings. The summed E-state index contributed by atoms with van der Waals surface area (Å²) >= 11 is 0. The van der Waals surface area contributed by atoms with Crippen molar-refractivity contribution in [2.24, 2.45) is 22.7 Å². The van der Waals surface area contributed by atoms with Crippen molar-refractivity contribution in [3.05, 3.63) is 29.8 Å². The smallest absolute Gasteiger partial charge is 0.0636 e. The van der Waals surface area contributed by atoms with E-state index in [4.69, 9.17) is 0 Å². The second-order valence-corrected chi connectivity index (χ2v) is 8.11. The molecular weight excluding hydrogens is 270 g/mol. The quantitative estimate of drug-likeness (QED) is 0.907. The molecule has 2 nitrogen and oxygen atoms in total. The molecule has 0 heterocycles. The fourth-order valence-electron chi connectivity index (χ4n) is 6.48. The fourth-order valence-corrected chi connectivity index (χ4v) is 6.48. The van der Waals surface area contributed by atoms with Gasteiger partial charge in [-0.3, -0.25) is 0 Å². The number of rotatable bonds is 4. The molecule has 0 aromatic heterocycles. The largest absolute Gasteiger partial charge is 0.392 e. The van der Waals surface area contributed by atoms with Crippen LogP contribution in [-0.4, -0.2) is 24.3 Å². The van der Waals surface area contributed by atoms with Gasteiger partial charge in [-0.1, -0.05) is 26.0 Å². The lowest BCUT2D eigenvalue weighted by atomic mass is 9.50. The Morgan fingerprint density at radius 1 is 1.14 bits per heavy atom. The average molecular weight is 299 g/mol. The number of anilines is 1. The van der Waals surface area contributed by atoms with Gasteiger partial charge < -0.3 is 10.0 Å². The van der Waals surface area contributed by atoms with Gasteiger partial charge in [0.2, 0.25) is 0 Å². The Morgan fingerprint density at radius 2 is 1.77 bits per heavy atom. The van der Waals surface area contributed by atoms with Gasteiger partial charge in [0.15, 0.2) is 0 Å². The maximum absolute atomic E-state index is 10.8. The van der Waals surface area contributed by atoms with E-state index in [1.807, 2.05) is 0 Å². The fraction of sp³-hybridized carbons (Fsp3) is 0.700. The van der Waals surface area contributed by atoms with E-state index >= 15 is 0 Å². The molecule has 4 aliphatic carbocycles. The molecule has 2 heteroatoms. The lowest BCUT2D eigenvalue weighted by molar-refractivity contribution is -0.00531. The molecule has 0 aliphatic heterocycles. The number of hydrogen-bond donors (Lipinski definition) is 1. The minimum absolute atomic E-state index is 0.0938. The van der Waals surface area contributed by atoms with E-state index in [1.54, 1.807) is 0 Å². The molecule has 0 spiro atoms. The number of hydrogen-bond acceptors (Lipinski definition) is 2. The maximum Gasteiger partial charge on any atom is 0.0636 e. The lowest BCUT2D eigenvalue weighted by Gasteiger charge is -2.53. The summed E-state index contributed by atoms with van der Waals surface area (Å²) in [5, 5.41) is 10.8. The van der Waals surface area contributed by atoms with E-state index in [0.717, 1.165) is 19.0 Å². The highest BCUT2D eigenvalue weighted by Gasteiger charge is 2.80. The van der Waals surface area contributed by atoms with E-state index < -0.39 is 0 Å². The van der Waals surface area contributed by atoms with Crippen LogP contribution in [0.1, 0.15) is 52.0 Å². The molecule has 6 unspecified atom stereocenters. The van der Waals surface area contributed by atoms with Crippen molar-refractivity contribution in [2.75, 3.05) is 18.0 Å². The van der Waals surface area contributed by atoms with Crippen molar-refractivity contribution in [3.63, 3.8) is 0 Å². The van der Waals surface area contributed by atoms with E-state index in [1.165, 1.54) is 24.1 Å². The van der Waals surface area contributed by atoms with E-state index in [9.17, 15) is 5.11 Å². The summed E-state index contributed by atoms with van der Waals surface area (Å²) in [7, 11) is 0. The second-order valence-electron chi connectivity index (χ2n) is 8.11. The van der Waals surface area contributed by atoms with Gasteiger partial charge in [0.25, 0.3) is 0 Å². The van der Waals surface area contributed by atoms with Crippen molar-refractivity contribution in [2.45, 2.75) is 52.6 Å². The van der Waals surface area contributed by atoms with Crippen molar-refractivity contribution in [1.29, 1.82) is 0 Å². The number of nitrogens with zero attached hydrogens (tertiary/aromatic N) is 1. The molecule has 0 radical (unpaired) electrons. The average Bonchev–Trinajstić information content (AvgIpc) is 2.90. The van der Waals surface area contributed by atoms with Crippen LogP contribution in [0, 0.1) is 22.7 Å². The predicted molar refractivity (Wildman–Crippen MR) is 91.2 cm³/mol. The highest BCUT2D eigenvalue weighted by Crippen LogP contribution is 2.83. The third-order valence-electron chi connectivity index (χ3n) is 7.87. The molecule has 120 valence electrons. The first-order valence-electron chi connectivity index (χ1n) is 9.02. The molecular formula is C20H29NO. The van der Waals surface area contributed by atoms with Gasteiger partial charge >= 0.3 is 0 Å². The zero-order chi connectivity index (χ0) is 15.7. The van der Waals surface area contributed by atoms with Gasteiger partial charge in [-0.25, -0.2) is 0 Å². The van der Waals surface area contributed by atoms with Crippen LogP contribution in [0.25, 0.3) is 0 Å². The molecule has 1 N–H and O–H groups in total. The summed E-state index contributed by atoms with van der Waals surface area (Å²) in [5.41, 5.74) is 3.22. The van der Waals surface area contributed by atoms with Crippen molar-refractivity contribution in [3.8, 4) is 0 Å². The Labute approximate surface area is 134 Å². The van der Waals surface area contributed by atoms with Crippen LogP contribution in [0.4, 0.5) is 5.69 Å². The first-order chi connectivity index (χ1) is 10.5. The first kappa shape index (κ1) is 14.6. The normalized spacial score (nSPS) is 45.0. The Kier molecular flexibility index (Phi) is 2.98. The van der Waals surface area contributed by atoms with Gasteiger partial charge in [-0.05, 0) is 67.6 Å². The minimum Gasteiger partial charge on any atom is -0.392 e. The standard InChI is InChI=1S/C20H29NO/c1-5-21(6-2)14-9-7-13(8-10-14)17-16-15-11-12-19(3,18(16)22)20(15,17)4/h7-10,15-18,22H,5-6,11-12H2,1-4H3. The van der Waals surface area contributed by atoms with Crippen molar-refractivity contribution >= 4 is 5.69 Å². The lowest BCUT2D eigenvalue weighted by Crippen LogP contribution is -2.47. The summed E-state index contributed by atoms with van der Waals surface area (Å²) < 4.78 is 0. The predicted octanol–water partition coefficient (Wildman–Crippen LogP) is 4.04. The summed E-state index contributed by atoms with van der Waals surface area (Å²) in [4.78, 5) is 2.39. The second kappa shape index (κ2) is 4.50. The molecule has 4 fully saturated rings. The summed E-state index contributed by atoms with van der Waals surface area (Å²) in [6.07, 6.45) is 2.44. The molecule has 4 aliphatic rings. The molecule has 5 rings (SSSR count). The van der Waals surface area contributed by atoms with Crippen LogP contribution in [0.15, 0.2) is 24.3 Å². The summed E-state index contributed by atoms with van der Waals surface area (Å²) in [6, 6.07) is 9.20. The molecule has 0 amide bonds. The van der Waals surface area contributed by atoms with E-state index in [0.29, 0.717) is 17.3 Å². The minimum atomic E-state index is -0.0938. The zero-order valence-electron chi connectivity index (χ0n) is 14.3. The van der Waals surface area contributed by atoms with Gasteiger partial charge in [0.05, 0.1) is 6.10 Å². The third kappa shape index (κ3) is 1.41. The van der Waals surface area contributed by atoms with Crippen LogP contribution in [-0.2, 0) is 0 Å². The van der Waals surface area contributed by atoms with Gasteiger partial charge in [-0.15, -0.1) is 0 Å². The highest BCUT2D eigenvalue weighted by atomic mass is 16.3. The van der Waals surface area contributed by atoms with Crippen molar-refractivity contribution < 1.29 is 5.11 Å². The Balaban J connectivity index is 1.65. The van der Waals surface area contributed by atoms with Crippen LogP contribution < -0.4 is 4.90 Å². The third-order valence-corrected chi connectivity index (χ3v) is 7.87. The SMILES string of the molecule is CCN(CC)c1ccc(C2C3C(O)C4(C)CCC3C24C)cc1. The summed E-state index contributed by atoms with van der Waals surface area (Å²) in [6.45, 7) is 11.3. The van der Waals surface area contributed by atoms with Gasteiger partial charge in [0.1, 0.15) is 0 Å². The van der Waals surface area contributed by atoms with Crippen LogP contribution in [0.3, 0.4) is 0 Å². The molecule has 22 heavy (non-hydrogen) atoms. The molecule has 6 atom stereocenters. The Hall–Kier alpha value is -1.02. The van der Waals surface area contributed by atoms with Crippen LogP contribution >= 0.6 is 0 Å². The number of benzene rings is 1. The van der Waals surface area contributed by atoms with Crippen LogP contribution in [0.2, 0.25) is 0 Å². The van der Waals surface area contributed by atoms with Gasteiger partial charge in [0, 0.05) is 24.2 Å². The van der Waals surface area contributed by atoms with Crippen molar-refractivity contribution in [1.82, 2.24) is 0 Å².